The van der Waals surface area contributed by atoms with Gasteiger partial charge in [0.25, 0.3) is 5.91 Å². The summed E-state index contributed by atoms with van der Waals surface area (Å²) >= 11 is 0. The number of rotatable bonds is 2. The van der Waals surface area contributed by atoms with E-state index in [1.54, 1.807) is 0 Å². The van der Waals surface area contributed by atoms with Gasteiger partial charge < -0.3 is 14.7 Å². The summed E-state index contributed by atoms with van der Waals surface area (Å²) in [7, 11) is 0. The lowest BCUT2D eigenvalue weighted by Crippen LogP contribution is -2.49. The first kappa shape index (κ1) is 15.3. The fourth-order valence-electron chi connectivity index (χ4n) is 3.06. The number of likely N-dealkylation sites (tertiary alicyclic amines) is 1. The summed E-state index contributed by atoms with van der Waals surface area (Å²) in [5, 5.41) is 10.2. The second kappa shape index (κ2) is 6.28. The first-order valence-corrected chi connectivity index (χ1v) is 7.31. The van der Waals surface area contributed by atoms with E-state index in [1.807, 2.05) is 0 Å². The van der Waals surface area contributed by atoms with Crippen molar-refractivity contribution >= 4 is 5.91 Å². The van der Waals surface area contributed by atoms with E-state index in [4.69, 9.17) is 4.74 Å². The largest absolute Gasteiger partial charge is 0.390 e. The van der Waals surface area contributed by atoms with Crippen molar-refractivity contribution in [1.82, 2.24) is 9.80 Å². The van der Waals surface area contributed by atoms with E-state index < -0.39 is 29.2 Å². The van der Waals surface area contributed by atoms with Crippen LogP contribution in [-0.2, 0) is 4.74 Å². The number of carbonyl (C=O) groups is 1. The van der Waals surface area contributed by atoms with Crippen molar-refractivity contribution in [2.45, 2.75) is 12.1 Å². The van der Waals surface area contributed by atoms with Crippen LogP contribution < -0.4 is 0 Å². The quantitative estimate of drug-likeness (QED) is 0.863. The van der Waals surface area contributed by atoms with E-state index in [1.165, 1.54) is 11.0 Å². The van der Waals surface area contributed by atoms with Crippen molar-refractivity contribution in [3.05, 3.63) is 35.4 Å². The zero-order chi connectivity index (χ0) is 15.7. The summed E-state index contributed by atoms with van der Waals surface area (Å²) in [5.74, 6) is -2.48. The van der Waals surface area contributed by atoms with E-state index >= 15 is 0 Å². The maximum Gasteiger partial charge on any atom is 0.259 e. The SMILES string of the molecule is O=C(c1c(F)cccc1F)N1C[C@@H](O)[C@H](N2CCOCC2)C1. The number of benzene rings is 1. The molecule has 2 atom stereocenters. The molecule has 2 heterocycles. The summed E-state index contributed by atoms with van der Waals surface area (Å²) < 4.78 is 32.7. The van der Waals surface area contributed by atoms with Gasteiger partial charge in [-0.2, -0.15) is 0 Å². The molecule has 2 aliphatic heterocycles. The fourth-order valence-corrected chi connectivity index (χ4v) is 3.06. The van der Waals surface area contributed by atoms with Crippen LogP contribution in [-0.4, -0.2) is 72.4 Å². The number of hydrogen-bond donors (Lipinski definition) is 1. The molecule has 2 aliphatic rings. The van der Waals surface area contributed by atoms with E-state index in [9.17, 15) is 18.7 Å². The molecule has 7 heteroatoms. The predicted octanol–water partition coefficient (Wildman–Crippen LogP) is 0.482. The van der Waals surface area contributed by atoms with E-state index in [2.05, 4.69) is 4.90 Å². The maximum absolute atomic E-state index is 13.7. The Balaban J connectivity index is 1.75. The third kappa shape index (κ3) is 2.84. The molecule has 22 heavy (non-hydrogen) atoms. The first-order chi connectivity index (χ1) is 10.6. The van der Waals surface area contributed by atoms with Crippen molar-refractivity contribution in [3.8, 4) is 0 Å². The minimum absolute atomic E-state index is 0.0780. The molecule has 1 amide bonds. The fraction of sp³-hybridized carbons (Fsp3) is 0.533. The van der Waals surface area contributed by atoms with Crippen LogP contribution in [0.2, 0.25) is 0 Å². The van der Waals surface area contributed by atoms with Gasteiger partial charge in [-0.1, -0.05) is 6.07 Å². The van der Waals surface area contributed by atoms with Gasteiger partial charge in [0.2, 0.25) is 0 Å². The first-order valence-electron chi connectivity index (χ1n) is 7.31. The van der Waals surface area contributed by atoms with Crippen LogP contribution >= 0.6 is 0 Å². The van der Waals surface area contributed by atoms with Crippen molar-refractivity contribution in [2.24, 2.45) is 0 Å². The highest BCUT2D eigenvalue weighted by Gasteiger charge is 2.39. The van der Waals surface area contributed by atoms with Crippen LogP contribution in [0.1, 0.15) is 10.4 Å². The predicted molar refractivity (Wildman–Crippen MR) is 74.4 cm³/mol. The molecule has 0 bridgehead atoms. The second-order valence-corrected chi connectivity index (χ2v) is 5.59. The van der Waals surface area contributed by atoms with Crippen molar-refractivity contribution in [3.63, 3.8) is 0 Å². The van der Waals surface area contributed by atoms with Crippen LogP contribution in [0.15, 0.2) is 18.2 Å². The van der Waals surface area contributed by atoms with Gasteiger partial charge in [-0.05, 0) is 12.1 Å². The topological polar surface area (TPSA) is 53.0 Å². The van der Waals surface area contributed by atoms with Crippen LogP contribution in [0.4, 0.5) is 8.78 Å². The third-order valence-electron chi connectivity index (χ3n) is 4.24. The summed E-state index contributed by atoms with van der Waals surface area (Å²) in [6.45, 7) is 2.86. The molecule has 1 aromatic carbocycles. The molecule has 0 aromatic heterocycles. The lowest BCUT2D eigenvalue weighted by atomic mass is 10.1. The van der Waals surface area contributed by atoms with E-state index in [-0.39, 0.29) is 19.1 Å². The number of ether oxygens (including phenoxy) is 1. The Morgan fingerprint density at radius 3 is 2.45 bits per heavy atom. The van der Waals surface area contributed by atoms with Gasteiger partial charge in [-0.25, -0.2) is 8.78 Å². The van der Waals surface area contributed by atoms with Crippen molar-refractivity contribution in [1.29, 1.82) is 0 Å². The molecule has 0 aliphatic carbocycles. The summed E-state index contributed by atoms with van der Waals surface area (Å²) in [6.07, 6.45) is -0.725. The second-order valence-electron chi connectivity index (χ2n) is 5.59. The molecule has 1 aromatic rings. The van der Waals surface area contributed by atoms with Crippen molar-refractivity contribution in [2.75, 3.05) is 39.4 Å². The Kier molecular flexibility index (Phi) is 4.37. The number of β-amino-alcohol motifs (C(OH)–C–C–N with tert-alkyl or cyclic N) is 1. The van der Waals surface area contributed by atoms with Gasteiger partial charge in [0.1, 0.15) is 17.2 Å². The third-order valence-corrected chi connectivity index (χ3v) is 4.24. The highest BCUT2D eigenvalue weighted by Crippen LogP contribution is 2.22. The van der Waals surface area contributed by atoms with Crippen molar-refractivity contribution < 1.29 is 23.4 Å². The highest BCUT2D eigenvalue weighted by atomic mass is 19.1. The maximum atomic E-state index is 13.7. The van der Waals surface area contributed by atoms with Crippen LogP contribution in [0.5, 0.6) is 0 Å². The number of halogens is 2. The minimum atomic E-state index is -0.880. The Morgan fingerprint density at radius 1 is 1.18 bits per heavy atom. The minimum Gasteiger partial charge on any atom is -0.390 e. The molecule has 3 rings (SSSR count). The van der Waals surface area contributed by atoms with Crippen LogP contribution in [0.3, 0.4) is 0 Å². The Labute approximate surface area is 127 Å². The molecule has 5 nitrogen and oxygen atoms in total. The van der Waals surface area contributed by atoms with Gasteiger partial charge in [-0.15, -0.1) is 0 Å². The molecule has 2 saturated heterocycles. The molecular weight excluding hydrogens is 294 g/mol. The van der Waals surface area contributed by atoms with Crippen LogP contribution in [0.25, 0.3) is 0 Å². The Bertz CT molecular complexity index is 543. The molecule has 120 valence electrons. The standard InChI is InChI=1S/C15H18F2N2O3/c16-10-2-1-3-11(17)14(10)15(21)19-8-12(13(20)9-19)18-4-6-22-7-5-18/h1-3,12-13,20H,4-9H2/t12-,13-/m1/s1. The lowest BCUT2D eigenvalue weighted by molar-refractivity contribution is -0.00611. The number of hydrogen-bond acceptors (Lipinski definition) is 4. The molecule has 0 saturated carbocycles. The molecule has 1 N–H and O–H groups in total. The summed E-state index contributed by atoms with van der Waals surface area (Å²) in [4.78, 5) is 15.7. The zero-order valence-corrected chi connectivity index (χ0v) is 12.0. The Hall–Kier alpha value is -1.57. The molecule has 0 spiro atoms. The van der Waals surface area contributed by atoms with Gasteiger partial charge in [0.15, 0.2) is 0 Å². The van der Waals surface area contributed by atoms with E-state index in [0.717, 1.165) is 12.1 Å². The van der Waals surface area contributed by atoms with Gasteiger partial charge in [0.05, 0.1) is 25.4 Å². The molecule has 2 fully saturated rings. The zero-order valence-electron chi connectivity index (χ0n) is 12.0. The average Bonchev–Trinajstić information content (AvgIpc) is 2.90. The number of amides is 1. The van der Waals surface area contributed by atoms with Gasteiger partial charge in [0, 0.05) is 26.2 Å². The average molecular weight is 312 g/mol. The number of carbonyl (C=O) groups excluding carboxylic acids is 1. The van der Waals surface area contributed by atoms with Gasteiger partial charge in [-0.3, -0.25) is 9.69 Å². The summed E-state index contributed by atoms with van der Waals surface area (Å²) in [5.41, 5.74) is -0.558. The highest BCUT2D eigenvalue weighted by molar-refractivity contribution is 5.95. The lowest BCUT2D eigenvalue weighted by Gasteiger charge is -2.33. The van der Waals surface area contributed by atoms with E-state index in [0.29, 0.717) is 26.3 Å². The number of morpholine rings is 1. The molecule has 0 radical (unpaired) electrons. The van der Waals surface area contributed by atoms with Gasteiger partial charge >= 0.3 is 0 Å². The smallest absolute Gasteiger partial charge is 0.259 e. The molecular formula is C15H18F2N2O3. The molecule has 0 unspecified atom stereocenters. The van der Waals surface area contributed by atoms with Crippen LogP contribution in [0, 0.1) is 11.6 Å². The summed E-state index contributed by atoms with van der Waals surface area (Å²) in [6, 6.07) is 3.11. The monoisotopic (exact) mass is 312 g/mol. The number of aliphatic hydroxyl groups is 1. The number of aliphatic hydroxyl groups excluding tert-OH is 1. The normalized spacial score (nSPS) is 26.4. The number of nitrogens with zero attached hydrogens (tertiary/aromatic N) is 2. The Morgan fingerprint density at radius 2 is 1.82 bits per heavy atom.